The molecular formula is C8H9N3O. The van der Waals surface area contributed by atoms with Crippen LogP contribution in [0.4, 0.5) is 0 Å². The van der Waals surface area contributed by atoms with Gasteiger partial charge in [-0.1, -0.05) is 11.3 Å². The van der Waals surface area contributed by atoms with Crippen LogP contribution in [0.1, 0.15) is 0 Å². The number of fused-ring (bicyclic) bond motifs is 1. The highest BCUT2D eigenvalue weighted by Crippen LogP contribution is 2.23. The fourth-order valence-corrected chi connectivity index (χ4v) is 1.43. The van der Waals surface area contributed by atoms with Gasteiger partial charge in [0.2, 0.25) is 0 Å². The van der Waals surface area contributed by atoms with E-state index in [2.05, 4.69) is 10.3 Å². The SMILES string of the molecule is O=NCC1C=C2C=CC=NN2C1. The predicted octanol–water partition coefficient (Wildman–Crippen LogP) is 1.12. The quantitative estimate of drug-likeness (QED) is 0.572. The van der Waals surface area contributed by atoms with E-state index in [1.54, 1.807) is 6.21 Å². The van der Waals surface area contributed by atoms with Gasteiger partial charge >= 0.3 is 0 Å². The van der Waals surface area contributed by atoms with Gasteiger partial charge < -0.3 is 0 Å². The summed E-state index contributed by atoms with van der Waals surface area (Å²) in [6, 6.07) is 0. The van der Waals surface area contributed by atoms with E-state index >= 15 is 0 Å². The van der Waals surface area contributed by atoms with Gasteiger partial charge in [0.15, 0.2) is 0 Å². The molecule has 4 heteroatoms. The van der Waals surface area contributed by atoms with Crippen molar-refractivity contribution in [2.75, 3.05) is 13.1 Å². The van der Waals surface area contributed by atoms with E-state index in [9.17, 15) is 4.91 Å². The fraction of sp³-hybridized carbons (Fsp3) is 0.375. The highest BCUT2D eigenvalue weighted by Gasteiger charge is 2.22. The smallest absolute Gasteiger partial charge is 0.0892 e. The Labute approximate surface area is 70.2 Å². The highest BCUT2D eigenvalue weighted by molar-refractivity contribution is 5.73. The molecule has 0 aliphatic carbocycles. The second kappa shape index (κ2) is 2.89. The average molecular weight is 163 g/mol. The Morgan fingerprint density at radius 3 is 3.42 bits per heavy atom. The zero-order valence-corrected chi connectivity index (χ0v) is 6.55. The van der Waals surface area contributed by atoms with E-state index in [1.165, 1.54) is 0 Å². The summed E-state index contributed by atoms with van der Waals surface area (Å²) < 4.78 is 0. The van der Waals surface area contributed by atoms with Crippen LogP contribution in [0, 0.1) is 10.8 Å². The highest BCUT2D eigenvalue weighted by atomic mass is 16.3. The number of allylic oxidation sites excluding steroid dienone is 2. The van der Waals surface area contributed by atoms with Gasteiger partial charge in [-0.15, -0.1) is 0 Å². The molecule has 2 rings (SSSR count). The van der Waals surface area contributed by atoms with Crippen molar-refractivity contribution in [1.82, 2.24) is 5.01 Å². The van der Waals surface area contributed by atoms with Gasteiger partial charge in [-0.05, 0) is 12.2 Å². The molecule has 0 aromatic heterocycles. The number of nitroso groups, excluding NO2 is 1. The Hall–Kier alpha value is -1.45. The lowest BCUT2D eigenvalue weighted by Crippen LogP contribution is -2.17. The van der Waals surface area contributed by atoms with Crippen LogP contribution in [-0.2, 0) is 0 Å². The lowest BCUT2D eigenvalue weighted by Gasteiger charge is -2.16. The Morgan fingerprint density at radius 1 is 1.75 bits per heavy atom. The number of nitrogens with zero attached hydrogens (tertiary/aromatic N) is 3. The van der Waals surface area contributed by atoms with E-state index in [-0.39, 0.29) is 5.92 Å². The molecule has 0 amide bonds. The first-order valence-electron chi connectivity index (χ1n) is 3.89. The van der Waals surface area contributed by atoms with Crippen LogP contribution in [0.5, 0.6) is 0 Å². The van der Waals surface area contributed by atoms with Crippen molar-refractivity contribution in [2.45, 2.75) is 0 Å². The molecule has 2 heterocycles. The van der Waals surface area contributed by atoms with Crippen LogP contribution in [0.2, 0.25) is 0 Å². The van der Waals surface area contributed by atoms with Crippen LogP contribution < -0.4 is 0 Å². The van der Waals surface area contributed by atoms with Crippen LogP contribution >= 0.6 is 0 Å². The zero-order valence-electron chi connectivity index (χ0n) is 6.55. The molecule has 0 radical (unpaired) electrons. The minimum absolute atomic E-state index is 0.234. The van der Waals surface area contributed by atoms with Gasteiger partial charge in [0, 0.05) is 18.7 Å². The van der Waals surface area contributed by atoms with E-state index in [4.69, 9.17) is 0 Å². The zero-order chi connectivity index (χ0) is 8.39. The second-order valence-corrected chi connectivity index (χ2v) is 2.87. The largest absolute Gasteiger partial charge is 0.265 e. The summed E-state index contributed by atoms with van der Waals surface area (Å²) in [6.45, 7) is 1.13. The molecule has 0 saturated heterocycles. The van der Waals surface area contributed by atoms with Crippen LogP contribution in [-0.4, -0.2) is 24.3 Å². The molecule has 62 valence electrons. The number of rotatable bonds is 2. The third-order valence-electron chi connectivity index (χ3n) is 1.98. The van der Waals surface area contributed by atoms with Gasteiger partial charge in [-0.3, -0.25) is 5.01 Å². The van der Waals surface area contributed by atoms with Crippen molar-refractivity contribution in [3.8, 4) is 0 Å². The second-order valence-electron chi connectivity index (χ2n) is 2.87. The van der Waals surface area contributed by atoms with Crippen molar-refractivity contribution in [1.29, 1.82) is 0 Å². The summed E-state index contributed by atoms with van der Waals surface area (Å²) in [7, 11) is 0. The van der Waals surface area contributed by atoms with Gasteiger partial charge in [-0.2, -0.15) is 10.0 Å². The molecule has 0 N–H and O–H groups in total. The first-order chi connectivity index (χ1) is 5.90. The summed E-state index contributed by atoms with van der Waals surface area (Å²) in [4.78, 5) is 10.0. The summed E-state index contributed by atoms with van der Waals surface area (Å²) in [6.07, 6.45) is 7.65. The Morgan fingerprint density at radius 2 is 2.67 bits per heavy atom. The standard InChI is InChI=1S/C8H9N3O/c12-10-5-7-4-8-2-1-3-9-11(8)6-7/h1-4,7H,5-6H2. The molecule has 2 aliphatic rings. The molecule has 0 aromatic carbocycles. The Balaban J connectivity index is 2.11. The van der Waals surface area contributed by atoms with Crippen LogP contribution in [0.15, 0.2) is 34.2 Å². The maximum absolute atomic E-state index is 10.0. The minimum atomic E-state index is 0.234. The van der Waals surface area contributed by atoms with Crippen LogP contribution in [0.25, 0.3) is 0 Å². The first-order valence-corrected chi connectivity index (χ1v) is 3.89. The van der Waals surface area contributed by atoms with Gasteiger partial charge in [0.1, 0.15) is 0 Å². The summed E-state index contributed by atoms with van der Waals surface area (Å²) in [5, 5.41) is 8.90. The first kappa shape index (κ1) is 7.21. The maximum atomic E-state index is 10.0. The van der Waals surface area contributed by atoms with Crippen molar-refractivity contribution < 1.29 is 0 Å². The molecule has 0 aromatic rings. The Kier molecular flexibility index (Phi) is 1.74. The van der Waals surface area contributed by atoms with E-state index in [0.29, 0.717) is 6.54 Å². The molecule has 2 aliphatic heterocycles. The maximum Gasteiger partial charge on any atom is 0.0892 e. The third kappa shape index (κ3) is 1.15. The van der Waals surface area contributed by atoms with Gasteiger partial charge in [0.05, 0.1) is 12.2 Å². The molecule has 4 nitrogen and oxygen atoms in total. The molecule has 1 atom stereocenters. The average Bonchev–Trinajstić information content (AvgIpc) is 2.47. The van der Waals surface area contributed by atoms with E-state index in [0.717, 1.165) is 12.2 Å². The summed E-state index contributed by atoms with van der Waals surface area (Å²) in [5.74, 6) is 0.234. The fourth-order valence-electron chi connectivity index (χ4n) is 1.43. The molecule has 0 bridgehead atoms. The molecule has 0 saturated carbocycles. The minimum Gasteiger partial charge on any atom is -0.265 e. The molecular weight excluding hydrogens is 154 g/mol. The third-order valence-corrected chi connectivity index (χ3v) is 1.98. The van der Waals surface area contributed by atoms with Gasteiger partial charge in [-0.25, -0.2) is 0 Å². The summed E-state index contributed by atoms with van der Waals surface area (Å²) in [5.41, 5.74) is 1.08. The normalized spacial score (nSPS) is 25.5. The molecule has 0 fully saturated rings. The molecule has 0 spiro atoms. The number of hydrogen-bond acceptors (Lipinski definition) is 4. The van der Waals surface area contributed by atoms with Gasteiger partial charge in [0.25, 0.3) is 0 Å². The van der Waals surface area contributed by atoms with Crippen molar-refractivity contribution >= 4 is 6.21 Å². The topological polar surface area (TPSA) is 45.0 Å². The lowest BCUT2D eigenvalue weighted by molar-refractivity contribution is 0.374. The van der Waals surface area contributed by atoms with E-state index < -0.39 is 0 Å². The van der Waals surface area contributed by atoms with Crippen molar-refractivity contribution in [2.24, 2.45) is 16.2 Å². The van der Waals surface area contributed by atoms with Crippen molar-refractivity contribution in [3.05, 3.63) is 28.8 Å². The lowest BCUT2D eigenvalue weighted by atomic mass is 10.1. The summed E-state index contributed by atoms with van der Waals surface area (Å²) >= 11 is 0. The monoisotopic (exact) mass is 163 g/mol. The number of hydrazone groups is 1. The molecule has 1 unspecified atom stereocenters. The predicted molar refractivity (Wildman–Crippen MR) is 46.6 cm³/mol. The van der Waals surface area contributed by atoms with Crippen LogP contribution in [0.3, 0.4) is 0 Å². The number of hydrogen-bond donors (Lipinski definition) is 0. The molecule has 12 heavy (non-hydrogen) atoms. The Bertz CT molecular complexity index is 280. The van der Waals surface area contributed by atoms with Crippen molar-refractivity contribution in [3.63, 3.8) is 0 Å². The van der Waals surface area contributed by atoms with E-state index in [1.807, 2.05) is 23.2 Å².